The number of allylic oxidation sites excluding steroid dienone is 1. The van der Waals surface area contributed by atoms with Crippen molar-refractivity contribution in [1.82, 2.24) is 4.90 Å². The van der Waals surface area contributed by atoms with E-state index in [4.69, 9.17) is 0 Å². The van der Waals surface area contributed by atoms with Crippen molar-refractivity contribution in [3.63, 3.8) is 0 Å². The van der Waals surface area contributed by atoms with Gasteiger partial charge in [0.15, 0.2) is 0 Å². The standard InChI is InChI=1S/C16H29NO/c1-2-3-4-5-6-7-8-9-10-13-16(18)17-14-11-12-15-17/h10,13H,2-9,11-12,14-15H2,1H3/b13-10-. The van der Waals surface area contributed by atoms with Gasteiger partial charge in [-0.05, 0) is 31.8 Å². The Morgan fingerprint density at radius 2 is 1.61 bits per heavy atom. The van der Waals surface area contributed by atoms with E-state index >= 15 is 0 Å². The Morgan fingerprint density at radius 1 is 1.00 bits per heavy atom. The average molecular weight is 251 g/mol. The maximum atomic E-state index is 11.7. The summed E-state index contributed by atoms with van der Waals surface area (Å²) in [7, 11) is 0. The first-order valence-corrected chi connectivity index (χ1v) is 7.80. The molecule has 0 N–H and O–H groups in total. The predicted octanol–water partition coefficient (Wildman–Crippen LogP) is 4.31. The zero-order valence-electron chi connectivity index (χ0n) is 12.0. The summed E-state index contributed by atoms with van der Waals surface area (Å²) in [5, 5.41) is 0. The van der Waals surface area contributed by atoms with Crippen molar-refractivity contribution in [2.45, 2.75) is 71.1 Å². The third-order valence-corrected chi connectivity index (χ3v) is 3.65. The SMILES string of the molecule is CCCCCCCCC/C=C\C(=O)N1CCCC1. The molecule has 1 amide bonds. The van der Waals surface area contributed by atoms with Crippen LogP contribution in [0.4, 0.5) is 0 Å². The second-order valence-corrected chi connectivity index (χ2v) is 5.34. The molecule has 0 unspecified atom stereocenters. The van der Waals surface area contributed by atoms with E-state index in [0.717, 1.165) is 19.5 Å². The molecule has 1 heterocycles. The van der Waals surface area contributed by atoms with E-state index in [1.165, 1.54) is 57.8 Å². The molecule has 1 aliphatic heterocycles. The topological polar surface area (TPSA) is 20.3 Å². The van der Waals surface area contributed by atoms with Crippen LogP contribution in [-0.2, 0) is 4.79 Å². The molecule has 0 spiro atoms. The highest BCUT2D eigenvalue weighted by molar-refractivity contribution is 5.87. The van der Waals surface area contributed by atoms with Gasteiger partial charge >= 0.3 is 0 Å². The fourth-order valence-corrected chi connectivity index (χ4v) is 2.45. The summed E-state index contributed by atoms with van der Waals surface area (Å²) in [5.74, 6) is 0.218. The smallest absolute Gasteiger partial charge is 0.246 e. The Bertz CT molecular complexity index is 241. The lowest BCUT2D eigenvalue weighted by atomic mass is 10.1. The van der Waals surface area contributed by atoms with E-state index in [1.807, 2.05) is 4.90 Å². The van der Waals surface area contributed by atoms with Crippen LogP contribution in [0.2, 0.25) is 0 Å². The Morgan fingerprint density at radius 3 is 2.28 bits per heavy atom. The van der Waals surface area contributed by atoms with Crippen LogP contribution in [0.25, 0.3) is 0 Å². The summed E-state index contributed by atoms with van der Waals surface area (Å²) in [6, 6.07) is 0. The van der Waals surface area contributed by atoms with Crippen molar-refractivity contribution in [1.29, 1.82) is 0 Å². The van der Waals surface area contributed by atoms with Crippen molar-refractivity contribution in [2.75, 3.05) is 13.1 Å². The molecule has 1 fully saturated rings. The molecule has 18 heavy (non-hydrogen) atoms. The lowest BCUT2D eigenvalue weighted by Gasteiger charge is -2.11. The van der Waals surface area contributed by atoms with Gasteiger partial charge < -0.3 is 4.90 Å². The highest BCUT2D eigenvalue weighted by Crippen LogP contribution is 2.10. The normalized spacial score (nSPS) is 15.7. The summed E-state index contributed by atoms with van der Waals surface area (Å²) in [6.45, 7) is 4.17. The zero-order valence-corrected chi connectivity index (χ0v) is 12.0. The third kappa shape index (κ3) is 6.83. The van der Waals surface area contributed by atoms with Crippen molar-refractivity contribution >= 4 is 5.91 Å². The molecule has 0 aromatic heterocycles. The molecule has 0 aliphatic carbocycles. The van der Waals surface area contributed by atoms with E-state index in [1.54, 1.807) is 6.08 Å². The maximum Gasteiger partial charge on any atom is 0.246 e. The van der Waals surface area contributed by atoms with Crippen molar-refractivity contribution in [3.8, 4) is 0 Å². The number of nitrogens with zero attached hydrogens (tertiary/aromatic N) is 1. The van der Waals surface area contributed by atoms with E-state index in [9.17, 15) is 4.79 Å². The fourth-order valence-electron chi connectivity index (χ4n) is 2.45. The molecule has 104 valence electrons. The number of unbranched alkanes of at least 4 members (excludes halogenated alkanes) is 7. The molecule has 0 aromatic carbocycles. The van der Waals surface area contributed by atoms with Gasteiger partial charge in [0, 0.05) is 13.1 Å². The van der Waals surface area contributed by atoms with Gasteiger partial charge in [-0.25, -0.2) is 0 Å². The fraction of sp³-hybridized carbons (Fsp3) is 0.812. The van der Waals surface area contributed by atoms with Gasteiger partial charge in [-0.3, -0.25) is 4.79 Å². The first kappa shape index (κ1) is 15.3. The van der Waals surface area contributed by atoms with Crippen molar-refractivity contribution in [3.05, 3.63) is 12.2 Å². The van der Waals surface area contributed by atoms with Gasteiger partial charge in [0.1, 0.15) is 0 Å². The van der Waals surface area contributed by atoms with Crippen molar-refractivity contribution in [2.24, 2.45) is 0 Å². The summed E-state index contributed by atoms with van der Waals surface area (Å²) < 4.78 is 0. The van der Waals surface area contributed by atoms with Crippen LogP contribution in [-0.4, -0.2) is 23.9 Å². The minimum absolute atomic E-state index is 0.218. The molecule has 0 aromatic rings. The molecule has 0 bridgehead atoms. The predicted molar refractivity (Wildman–Crippen MR) is 77.6 cm³/mol. The van der Waals surface area contributed by atoms with Crippen LogP contribution in [0.5, 0.6) is 0 Å². The Hall–Kier alpha value is -0.790. The summed E-state index contributed by atoms with van der Waals surface area (Å²) in [5.41, 5.74) is 0. The summed E-state index contributed by atoms with van der Waals surface area (Å²) in [4.78, 5) is 13.7. The second-order valence-electron chi connectivity index (χ2n) is 5.34. The number of carbonyl (C=O) groups is 1. The van der Waals surface area contributed by atoms with E-state index in [-0.39, 0.29) is 5.91 Å². The lowest BCUT2D eigenvalue weighted by Crippen LogP contribution is -2.25. The molecule has 0 atom stereocenters. The molecule has 1 aliphatic rings. The zero-order chi connectivity index (χ0) is 13.1. The van der Waals surface area contributed by atoms with Crippen LogP contribution >= 0.6 is 0 Å². The van der Waals surface area contributed by atoms with Gasteiger partial charge in [-0.1, -0.05) is 51.5 Å². The highest BCUT2D eigenvalue weighted by Gasteiger charge is 2.14. The molecular weight excluding hydrogens is 222 g/mol. The number of rotatable bonds is 9. The van der Waals surface area contributed by atoms with E-state index < -0.39 is 0 Å². The third-order valence-electron chi connectivity index (χ3n) is 3.65. The van der Waals surface area contributed by atoms with Crippen LogP contribution in [0, 0.1) is 0 Å². The van der Waals surface area contributed by atoms with Gasteiger partial charge in [0.2, 0.25) is 5.91 Å². The van der Waals surface area contributed by atoms with E-state index in [0.29, 0.717) is 0 Å². The first-order valence-electron chi connectivity index (χ1n) is 7.80. The Labute approximate surface area is 112 Å². The monoisotopic (exact) mass is 251 g/mol. The minimum Gasteiger partial charge on any atom is -0.339 e. The molecule has 2 heteroatoms. The van der Waals surface area contributed by atoms with Gasteiger partial charge in [-0.2, -0.15) is 0 Å². The molecule has 2 nitrogen and oxygen atoms in total. The average Bonchev–Trinajstić information content (AvgIpc) is 2.90. The molecular formula is C16H29NO. The molecule has 1 saturated heterocycles. The van der Waals surface area contributed by atoms with Crippen LogP contribution in [0.3, 0.4) is 0 Å². The molecule has 0 radical (unpaired) electrons. The maximum absolute atomic E-state index is 11.7. The van der Waals surface area contributed by atoms with Gasteiger partial charge in [0.05, 0.1) is 0 Å². The molecule has 0 saturated carbocycles. The van der Waals surface area contributed by atoms with Crippen molar-refractivity contribution < 1.29 is 4.79 Å². The first-order chi connectivity index (χ1) is 8.84. The number of hydrogen-bond acceptors (Lipinski definition) is 1. The van der Waals surface area contributed by atoms with Crippen LogP contribution < -0.4 is 0 Å². The summed E-state index contributed by atoms with van der Waals surface area (Å²) in [6.07, 6.45) is 16.6. The Kier molecular flexibility index (Phi) is 8.62. The van der Waals surface area contributed by atoms with Crippen LogP contribution in [0.1, 0.15) is 71.1 Å². The van der Waals surface area contributed by atoms with Gasteiger partial charge in [-0.15, -0.1) is 0 Å². The number of hydrogen-bond donors (Lipinski definition) is 0. The largest absolute Gasteiger partial charge is 0.339 e. The number of amides is 1. The quantitative estimate of drug-likeness (QED) is 0.442. The lowest BCUT2D eigenvalue weighted by molar-refractivity contribution is -0.125. The Balaban J connectivity index is 1.91. The second kappa shape index (κ2) is 10.2. The van der Waals surface area contributed by atoms with Crippen LogP contribution in [0.15, 0.2) is 12.2 Å². The van der Waals surface area contributed by atoms with Gasteiger partial charge in [0.25, 0.3) is 0 Å². The molecule has 1 rings (SSSR count). The highest BCUT2D eigenvalue weighted by atomic mass is 16.2. The minimum atomic E-state index is 0.218. The number of likely N-dealkylation sites (tertiary alicyclic amines) is 1. The number of carbonyl (C=O) groups excluding carboxylic acids is 1. The summed E-state index contributed by atoms with van der Waals surface area (Å²) >= 11 is 0. The van der Waals surface area contributed by atoms with E-state index in [2.05, 4.69) is 13.0 Å².